The molecule has 0 aliphatic carbocycles. The van der Waals surface area contributed by atoms with Gasteiger partial charge < -0.3 is 5.32 Å². The lowest BCUT2D eigenvalue weighted by atomic mass is 10.0. The topological polar surface area (TPSA) is 24.9 Å². The molecule has 18 heavy (non-hydrogen) atoms. The molecule has 0 saturated heterocycles. The highest BCUT2D eigenvalue weighted by atomic mass is 14.9. The number of nitrogens with one attached hydrogen (secondary N) is 1. The van der Waals surface area contributed by atoms with E-state index in [1.54, 1.807) is 0 Å². The largest absolute Gasteiger partial charge is 0.315 e. The Morgan fingerprint density at radius 1 is 1.22 bits per heavy atom. The van der Waals surface area contributed by atoms with Crippen molar-refractivity contribution in [3.8, 4) is 0 Å². The average molecular weight is 242 g/mol. The van der Waals surface area contributed by atoms with Crippen LogP contribution in [0.25, 0.3) is 10.9 Å². The highest BCUT2D eigenvalue weighted by Gasteiger charge is 2.03. The van der Waals surface area contributed by atoms with Crippen molar-refractivity contribution in [3.63, 3.8) is 0 Å². The molecule has 1 heterocycles. The van der Waals surface area contributed by atoms with E-state index < -0.39 is 0 Å². The third-order valence-electron chi connectivity index (χ3n) is 3.38. The van der Waals surface area contributed by atoms with Gasteiger partial charge in [0.2, 0.25) is 0 Å². The molecule has 2 nitrogen and oxygen atoms in total. The van der Waals surface area contributed by atoms with E-state index in [2.05, 4.69) is 48.4 Å². The van der Waals surface area contributed by atoms with Crippen LogP contribution < -0.4 is 5.32 Å². The average Bonchev–Trinajstić information content (AvgIpc) is 2.39. The first-order valence-electron chi connectivity index (χ1n) is 6.87. The molecule has 2 aromatic rings. The highest BCUT2D eigenvalue weighted by Crippen LogP contribution is 2.18. The van der Waals surface area contributed by atoms with Gasteiger partial charge in [-0.3, -0.25) is 4.98 Å². The zero-order valence-electron chi connectivity index (χ0n) is 11.3. The lowest BCUT2D eigenvalue weighted by Crippen LogP contribution is -2.25. The van der Waals surface area contributed by atoms with Crippen molar-refractivity contribution < 1.29 is 0 Å². The monoisotopic (exact) mass is 242 g/mol. The van der Waals surface area contributed by atoms with Crippen molar-refractivity contribution in [3.05, 3.63) is 42.1 Å². The molecule has 1 N–H and O–H groups in total. The minimum absolute atomic E-state index is 0.614. The number of para-hydroxylation sites is 1. The van der Waals surface area contributed by atoms with Crippen LogP contribution in [0.5, 0.6) is 0 Å². The van der Waals surface area contributed by atoms with Gasteiger partial charge in [-0.2, -0.15) is 0 Å². The number of pyridine rings is 1. The molecule has 0 radical (unpaired) electrons. The third-order valence-corrected chi connectivity index (χ3v) is 3.38. The van der Waals surface area contributed by atoms with Gasteiger partial charge in [-0.1, -0.05) is 25.1 Å². The summed E-state index contributed by atoms with van der Waals surface area (Å²) in [6.45, 7) is 5.47. The Labute approximate surface area is 109 Å². The first-order valence-corrected chi connectivity index (χ1v) is 6.87. The number of benzene rings is 1. The van der Waals surface area contributed by atoms with E-state index in [-0.39, 0.29) is 0 Å². The summed E-state index contributed by atoms with van der Waals surface area (Å²) in [7, 11) is 0. The number of nitrogens with zero attached hydrogens (tertiary/aromatic N) is 1. The fourth-order valence-corrected chi connectivity index (χ4v) is 2.42. The first kappa shape index (κ1) is 13.0. The predicted molar refractivity (Wildman–Crippen MR) is 77.8 cm³/mol. The van der Waals surface area contributed by atoms with Crippen molar-refractivity contribution in [2.45, 2.75) is 39.2 Å². The maximum Gasteiger partial charge on any atom is 0.0704 e. The second-order valence-electron chi connectivity index (χ2n) is 4.84. The lowest BCUT2D eigenvalue weighted by Gasteiger charge is -2.12. The molecular weight excluding hydrogens is 220 g/mol. The number of fused-ring (bicyclic) bond motifs is 1. The third kappa shape index (κ3) is 3.30. The van der Waals surface area contributed by atoms with E-state index in [4.69, 9.17) is 0 Å². The van der Waals surface area contributed by atoms with Crippen molar-refractivity contribution in [2.75, 3.05) is 6.54 Å². The second kappa shape index (κ2) is 6.50. The number of aromatic nitrogens is 1. The van der Waals surface area contributed by atoms with Crippen LogP contribution in [-0.4, -0.2) is 17.6 Å². The molecule has 1 aromatic carbocycles. The molecule has 0 aliphatic heterocycles. The minimum Gasteiger partial charge on any atom is -0.315 e. The molecular formula is C16H22N2. The van der Waals surface area contributed by atoms with Gasteiger partial charge in [0, 0.05) is 17.6 Å². The van der Waals surface area contributed by atoms with E-state index >= 15 is 0 Å². The molecule has 96 valence electrons. The van der Waals surface area contributed by atoms with E-state index in [1.807, 2.05) is 12.3 Å². The van der Waals surface area contributed by atoms with E-state index in [0.29, 0.717) is 6.04 Å². The van der Waals surface area contributed by atoms with Crippen LogP contribution in [0.3, 0.4) is 0 Å². The van der Waals surface area contributed by atoms with Gasteiger partial charge in [0.1, 0.15) is 0 Å². The Hall–Kier alpha value is -1.41. The fraction of sp³-hybridized carbons (Fsp3) is 0.438. The quantitative estimate of drug-likeness (QED) is 0.838. The number of rotatable bonds is 6. The fourth-order valence-electron chi connectivity index (χ4n) is 2.42. The molecule has 1 unspecified atom stereocenters. The summed E-state index contributed by atoms with van der Waals surface area (Å²) in [5.41, 5.74) is 2.53. The van der Waals surface area contributed by atoms with Crippen LogP contribution in [-0.2, 0) is 6.42 Å². The maximum absolute atomic E-state index is 4.40. The van der Waals surface area contributed by atoms with Crippen molar-refractivity contribution in [1.29, 1.82) is 0 Å². The normalized spacial score (nSPS) is 12.8. The van der Waals surface area contributed by atoms with Gasteiger partial charge in [0.25, 0.3) is 0 Å². The van der Waals surface area contributed by atoms with Crippen LogP contribution in [0, 0.1) is 0 Å². The van der Waals surface area contributed by atoms with Crippen molar-refractivity contribution >= 4 is 10.9 Å². The molecule has 1 aromatic heterocycles. The molecule has 0 spiro atoms. The van der Waals surface area contributed by atoms with E-state index in [0.717, 1.165) is 18.5 Å². The molecule has 2 heteroatoms. The van der Waals surface area contributed by atoms with Crippen LogP contribution in [0.1, 0.15) is 32.3 Å². The van der Waals surface area contributed by atoms with Crippen LogP contribution in [0.2, 0.25) is 0 Å². The van der Waals surface area contributed by atoms with Crippen LogP contribution in [0.4, 0.5) is 0 Å². The summed E-state index contributed by atoms with van der Waals surface area (Å²) >= 11 is 0. The smallest absolute Gasteiger partial charge is 0.0704 e. The van der Waals surface area contributed by atoms with Gasteiger partial charge in [-0.25, -0.2) is 0 Å². The summed E-state index contributed by atoms with van der Waals surface area (Å²) in [6, 6.07) is 11.2. The summed E-state index contributed by atoms with van der Waals surface area (Å²) in [6.07, 6.45) is 5.51. The summed E-state index contributed by atoms with van der Waals surface area (Å²) in [4.78, 5) is 4.40. The van der Waals surface area contributed by atoms with Crippen LogP contribution >= 0.6 is 0 Å². The SMILES string of the molecule is CCNC(C)CCCc1ccnc2ccccc12. The number of hydrogen-bond acceptors (Lipinski definition) is 2. The zero-order valence-corrected chi connectivity index (χ0v) is 11.3. The van der Waals surface area contributed by atoms with Gasteiger partial charge >= 0.3 is 0 Å². The van der Waals surface area contributed by atoms with Gasteiger partial charge in [-0.05, 0) is 50.4 Å². The first-order chi connectivity index (χ1) is 8.81. The summed E-state index contributed by atoms with van der Waals surface area (Å²) < 4.78 is 0. The standard InChI is InChI=1S/C16H22N2/c1-3-17-13(2)7-6-8-14-11-12-18-16-10-5-4-9-15(14)16/h4-5,9-13,17H,3,6-8H2,1-2H3. The number of hydrogen-bond donors (Lipinski definition) is 1. The Balaban J connectivity index is 1.99. The Morgan fingerprint density at radius 3 is 2.89 bits per heavy atom. The summed E-state index contributed by atoms with van der Waals surface area (Å²) in [5.74, 6) is 0. The molecule has 0 bridgehead atoms. The molecule has 2 rings (SSSR count). The second-order valence-corrected chi connectivity index (χ2v) is 4.84. The number of aryl methyl sites for hydroxylation is 1. The van der Waals surface area contributed by atoms with Gasteiger partial charge in [0.05, 0.1) is 5.52 Å². The molecule has 0 amide bonds. The Bertz CT molecular complexity index is 488. The predicted octanol–water partition coefficient (Wildman–Crippen LogP) is 3.56. The zero-order chi connectivity index (χ0) is 12.8. The van der Waals surface area contributed by atoms with E-state index in [1.165, 1.54) is 23.8 Å². The van der Waals surface area contributed by atoms with E-state index in [9.17, 15) is 0 Å². The van der Waals surface area contributed by atoms with Gasteiger partial charge in [-0.15, -0.1) is 0 Å². The Morgan fingerprint density at radius 2 is 2.06 bits per heavy atom. The van der Waals surface area contributed by atoms with Crippen molar-refractivity contribution in [1.82, 2.24) is 10.3 Å². The maximum atomic E-state index is 4.40. The van der Waals surface area contributed by atoms with Gasteiger partial charge in [0.15, 0.2) is 0 Å². The molecule has 1 atom stereocenters. The summed E-state index contributed by atoms with van der Waals surface area (Å²) in [5, 5.41) is 4.76. The van der Waals surface area contributed by atoms with Crippen molar-refractivity contribution in [2.24, 2.45) is 0 Å². The minimum atomic E-state index is 0.614. The molecule has 0 aliphatic rings. The highest BCUT2D eigenvalue weighted by molar-refractivity contribution is 5.81. The molecule has 0 fully saturated rings. The van der Waals surface area contributed by atoms with Crippen LogP contribution in [0.15, 0.2) is 36.5 Å². The Kier molecular flexibility index (Phi) is 4.71. The molecule has 0 saturated carbocycles. The lowest BCUT2D eigenvalue weighted by molar-refractivity contribution is 0.513.